The number of hydrogen-bond donors (Lipinski definition) is 0. The molecule has 0 saturated heterocycles. The molecule has 0 aliphatic rings. The second-order valence-corrected chi connectivity index (χ2v) is 5.54. The van der Waals surface area contributed by atoms with Gasteiger partial charge in [-0.1, -0.05) is 53.2 Å². The standard InChI is InChI=1S/C11H11BrN2S/c1-7(2)10-13-14-11(15-10)8-4-3-5-9(12)6-8/h3-7H,1-2H3. The summed E-state index contributed by atoms with van der Waals surface area (Å²) in [6, 6.07) is 8.13. The zero-order valence-corrected chi connectivity index (χ0v) is 11.0. The van der Waals surface area contributed by atoms with Crippen LogP contribution in [0.15, 0.2) is 28.7 Å². The summed E-state index contributed by atoms with van der Waals surface area (Å²) < 4.78 is 1.07. The summed E-state index contributed by atoms with van der Waals surface area (Å²) >= 11 is 5.11. The van der Waals surface area contributed by atoms with Crippen LogP contribution in [0.4, 0.5) is 0 Å². The molecule has 0 bridgehead atoms. The monoisotopic (exact) mass is 282 g/mol. The second-order valence-electron chi connectivity index (χ2n) is 3.61. The van der Waals surface area contributed by atoms with Gasteiger partial charge in [-0.3, -0.25) is 0 Å². The first kappa shape index (κ1) is 10.8. The van der Waals surface area contributed by atoms with E-state index in [4.69, 9.17) is 0 Å². The van der Waals surface area contributed by atoms with Gasteiger partial charge >= 0.3 is 0 Å². The highest BCUT2D eigenvalue weighted by molar-refractivity contribution is 9.10. The molecule has 0 spiro atoms. The van der Waals surface area contributed by atoms with Crippen molar-refractivity contribution >= 4 is 27.3 Å². The zero-order chi connectivity index (χ0) is 10.8. The quantitative estimate of drug-likeness (QED) is 0.829. The molecule has 4 heteroatoms. The van der Waals surface area contributed by atoms with Gasteiger partial charge in [0.05, 0.1) is 0 Å². The predicted molar refractivity (Wildman–Crippen MR) is 67.1 cm³/mol. The number of benzene rings is 1. The maximum absolute atomic E-state index is 4.20. The molecule has 2 rings (SSSR count). The first-order valence-electron chi connectivity index (χ1n) is 4.76. The number of rotatable bonds is 2. The predicted octanol–water partition coefficient (Wildman–Crippen LogP) is 4.09. The van der Waals surface area contributed by atoms with Gasteiger partial charge in [-0.05, 0) is 12.1 Å². The molecule has 0 aliphatic carbocycles. The van der Waals surface area contributed by atoms with Gasteiger partial charge in [-0.15, -0.1) is 10.2 Å². The summed E-state index contributed by atoms with van der Waals surface area (Å²) in [7, 11) is 0. The molecule has 0 unspecified atom stereocenters. The normalized spacial score (nSPS) is 10.9. The SMILES string of the molecule is CC(C)c1nnc(-c2cccc(Br)c2)s1. The first-order chi connectivity index (χ1) is 7.16. The molecule has 0 N–H and O–H groups in total. The third-order valence-electron chi connectivity index (χ3n) is 2.01. The fraction of sp³-hybridized carbons (Fsp3) is 0.273. The Labute approximate surface area is 101 Å². The van der Waals surface area contributed by atoms with E-state index in [1.807, 2.05) is 12.1 Å². The molecule has 0 atom stereocenters. The van der Waals surface area contributed by atoms with Crippen LogP contribution in [0, 0.1) is 0 Å². The van der Waals surface area contributed by atoms with E-state index in [9.17, 15) is 0 Å². The molecule has 15 heavy (non-hydrogen) atoms. The van der Waals surface area contributed by atoms with Crippen molar-refractivity contribution in [2.45, 2.75) is 19.8 Å². The lowest BCUT2D eigenvalue weighted by Crippen LogP contribution is -1.83. The van der Waals surface area contributed by atoms with Crippen molar-refractivity contribution in [3.8, 4) is 10.6 Å². The van der Waals surface area contributed by atoms with Crippen molar-refractivity contribution in [1.29, 1.82) is 0 Å². The highest BCUT2D eigenvalue weighted by Crippen LogP contribution is 2.28. The van der Waals surface area contributed by atoms with Crippen LogP contribution in [0.5, 0.6) is 0 Å². The van der Waals surface area contributed by atoms with Crippen LogP contribution in [0.25, 0.3) is 10.6 Å². The van der Waals surface area contributed by atoms with Crippen LogP contribution in [0.2, 0.25) is 0 Å². The van der Waals surface area contributed by atoms with E-state index in [0.717, 1.165) is 20.1 Å². The minimum absolute atomic E-state index is 0.448. The van der Waals surface area contributed by atoms with E-state index in [1.165, 1.54) is 0 Å². The number of hydrogen-bond acceptors (Lipinski definition) is 3. The Hall–Kier alpha value is -0.740. The molecule has 0 saturated carbocycles. The number of nitrogens with zero attached hydrogens (tertiary/aromatic N) is 2. The molecule has 1 aromatic heterocycles. The van der Waals surface area contributed by atoms with Crippen molar-refractivity contribution in [2.75, 3.05) is 0 Å². The Morgan fingerprint density at radius 2 is 2.07 bits per heavy atom. The van der Waals surface area contributed by atoms with E-state index >= 15 is 0 Å². The largest absolute Gasteiger partial charge is 0.147 e. The topological polar surface area (TPSA) is 25.8 Å². The third-order valence-corrected chi connectivity index (χ3v) is 3.77. The molecule has 0 aliphatic heterocycles. The lowest BCUT2D eigenvalue weighted by Gasteiger charge is -1.96. The second kappa shape index (κ2) is 4.41. The lowest BCUT2D eigenvalue weighted by molar-refractivity contribution is 0.825. The van der Waals surface area contributed by atoms with Gasteiger partial charge in [0.2, 0.25) is 0 Å². The van der Waals surface area contributed by atoms with Crippen molar-refractivity contribution in [2.24, 2.45) is 0 Å². The third kappa shape index (κ3) is 2.44. The average Bonchev–Trinajstić information content (AvgIpc) is 2.66. The summed E-state index contributed by atoms with van der Waals surface area (Å²) in [5.74, 6) is 0.448. The number of halogens is 1. The lowest BCUT2D eigenvalue weighted by atomic mass is 10.2. The molecule has 0 radical (unpaired) electrons. The Morgan fingerprint density at radius 1 is 1.27 bits per heavy atom. The van der Waals surface area contributed by atoms with Crippen LogP contribution in [-0.2, 0) is 0 Å². The molecule has 2 nitrogen and oxygen atoms in total. The first-order valence-corrected chi connectivity index (χ1v) is 6.37. The minimum atomic E-state index is 0.448. The zero-order valence-electron chi connectivity index (χ0n) is 8.57. The molecular formula is C11H11BrN2S. The van der Waals surface area contributed by atoms with Crippen LogP contribution in [-0.4, -0.2) is 10.2 Å². The summed E-state index contributed by atoms with van der Waals surface area (Å²) in [4.78, 5) is 0. The summed E-state index contributed by atoms with van der Waals surface area (Å²) in [6.07, 6.45) is 0. The molecule has 78 valence electrons. The van der Waals surface area contributed by atoms with Crippen molar-refractivity contribution in [1.82, 2.24) is 10.2 Å². The van der Waals surface area contributed by atoms with Gasteiger partial charge in [0, 0.05) is 16.0 Å². The van der Waals surface area contributed by atoms with Crippen molar-refractivity contribution < 1.29 is 0 Å². The van der Waals surface area contributed by atoms with Crippen LogP contribution in [0.1, 0.15) is 24.8 Å². The van der Waals surface area contributed by atoms with Gasteiger partial charge in [0.15, 0.2) is 0 Å². The van der Waals surface area contributed by atoms with Gasteiger partial charge in [0.1, 0.15) is 10.0 Å². The van der Waals surface area contributed by atoms with E-state index in [1.54, 1.807) is 11.3 Å². The Bertz CT molecular complexity index is 465. The van der Waals surface area contributed by atoms with E-state index in [2.05, 4.69) is 52.1 Å². The van der Waals surface area contributed by atoms with E-state index in [-0.39, 0.29) is 0 Å². The van der Waals surface area contributed by atoms with Crippen LogP contribution < -0.4 is 0 Å². The maximum Gasteiger partial charge on any atom is 0.147 e. The van der Waals surface area contributed by atoms with Crippen molar-refractivity contribution in [3.63, 3.8) is 0 Å². The number of aromatic nitrogens is 2. The molecule has 0 fully saturated rings. The molecule has 1 aromatic carbocycles. The Morgan fingerprint density at radius 3 is 2.67 bits per heavy atom. The maximum atomic E-state index is 4.20. The summed E-state index contributed by atoms with van der Waals surface area (Å²) in [5, 5.41) is 10.4. The fourth-order valence-electron chi connectivity index (χ4n) is 1.21. The summed E-state index contributed by atoms with van der Waals surface area (Å²) in [6.45, 7) is 4.26. The average molecular weight is 283 g/mol. The van der Waals surface area contributed by atoms with Crippen LogP contribution >= 0.6 is 27.3 Å². The smallest absolute Gasteiger partial charge is 0.143 e. The van der Waals surface area contributed by atoms with Crippen LogP contribution in [0.3, 0.4) is 0 Å². The molecule has 0 amide bonds. The fourth-order valence-corrected chi connectivity index (χ4v) is 2.45. The van der Waals surface area contributed by atoms with Gasteiger partial charge in [-0.2, -0.15) is 0 Å². The van der Waals surface area contributed by atoms with E-state index < -0.39 is 0 Å². The molecule has 2 aromatic rings. The Kier molecular flexibility index (Phi) is 3.17. The highest BCUT2D eigenvalue weighted by Gasteiger charge is 2.09. The van der Waals surface area contributed by atoms with Crippen molar-refractivity contribution in [3.05, 3.63) is 33.7 Å². The van der Waals surface area contributed by atoms with Gasteiger partial charge in [-0.25, -0.2) is 0 Å². The minimum Gasteiger partial charge on any atom is -0.143 e. The molecular weight excluding hydrogens is 272 g/mol. The van der Waals surface area contributed by atoms with E-state index in [0.29, 0.717) is 5.92 Å². The summed E-state index contributed by atoms with van der Waals surface area (Å²) in [5.41, 5.74) is 1.12. The Balaban J connectivity index is 2.37. The van der Waals surface area contributed by atoms with Gasteiger partial charge in [0.25, 0.3) is 0 Å². The highest BCUT2D eigenvalue weighted by atomic mass is 79.9. The molecule has 1 heterocycles. The van der Waals surface area contributed by atoms with Gasteiger partial charge < -0.3 is 0 Å².